The van der Waals surface area contributed by atoms with E-state index in [1.54, 1.807) is 0 Å². The van der Waals surface area contributed by atoms with Gasteiger partial charge >= 0.3 is 6.36 Å². The molecule has 0 saturated heterocycles. The van der Waals surface area contributed by atoms with Crippen LogP contribution in [0.2, 0.25) is 0 Å². The first kappa shape index (κ1) is 11.6. The lowest BCUT2D eigenvalue weighted by Crippen LogP contribution is -2.20. The molecule has 84 valence electrons. The maximum Gasteiger partial charge on any atom is 0.572 e. The number of halogens is 3. The fraction of sp³-hybridized carbons (Fsp3) is 0.444. The lowest BCUT2D eigenvalue weighted by atomic mass is 9.97. The van der Waals surface area contributed by atoms with Gasteiger partial charge in [-0.25, -0.2) is 0 Å². The van der Waals surface area contributed by atoms with Crippen LogP contribution >= 0.6 is 0 Å². The van der Waals surface area contributed by atoms with Crippen LogP contribution in [0.25, 0.3) is 0 Å². The SMILES string of the molecule is CC1=C(OC(F)(F)F)CCC=C1C(N)=O. The Morgan fingerprint density at radius 3 is 2.60 bits per heavy atom. The first-order chi connectivity index (χ1) is 6.81. The van der Waals surface area contributed by atoms with Crippen molar-refractivity contribution in [2.45, 2.75) is 26.1 Å². The van der Waals surface area contributed by atoms with Gasteiger partial charge < -0.3 is 10.5 Å². The van der Waals surface area contributed by atoms with Crippen molar-refractivity contribution < 1.29 is 22.7 Å². The molecule has 0 aliphatic heterocycles. The molecule has 2 N–H and O–H groups in total. The molecule has 0 aromatic rings. The van der Waals surface area contributed by atoms with E-state index in [1.807, 2.05) is 0 Å². The van der Waals surface area contributed by atoms with Gasteiger partial charge in [-0.05, 0) is 18.9 Å². The summed E-state index contributed by atoms with van der Waals surface area (Å²) in [6.07, 6.45) is -2.76. The van der Waals surface area contributed by atoms with Crippen molar-refractivity contribution >= 4 is 5.91 Å². The third kappa shape index (κ3) is 3.00. The predicted molar refractivity (Wildman–Crippen MR) is 46.4 cm³/mol. The van der Waals surface area contributed by atoms with Crippen LogP contribution in [0.4, 0.5) is 13.2 Å². The fourth-order valence-corrected chi connectivity index (χ4v) is 1.39. The van der Waals surface area contributed by atoms with Gasteiger partial charge in [0.1, 0.15) is 5.76 Å². The van der Waals surface area contributed by atoms with Gasteiger partial charge in [-0.2, -0.15) is 0 Å². The maximum absolute atomic E-state index is 11.9. The van der Waals surface area contributed by atoms with Gasteiger partial charge in [-0.1, -0.05) is 6.08 Å². The molecule has 0 atom stereocenters. The molecule has 0 radical (unpaired) electrons. The first-order valence-corrected chi connectivity index (χ1v) is 4.27. The van der Waals surface area contributed by atoms with Crippen LogP contribution in [0.1, 0.15) is 19.8 Å². The van der Waals surface area contributed by atoms with E-state index in [0.717, 1.165) is 0 Å². The predicted octanol–water partition coefficient (Wildman–Crippen LogP) is 2.00. The summed E-state index contributed by atoms with van der Waals surface area (Å²) in [4.78, 5) is 10.9. The normalized spacial score (nSPS) is 17.5. The molecule has 0 aromatic heterocycles. The van der Waals surface area contributed by atoms with Gasteiger partial charge in [-0.15, -0.1) is 13.2 Å². The minimum atomic E-state index is -4.73. The van der Waals surface area contributed by atoms with Crippen molar-refractivity contribution in [3.05, 3.63) is 23.0 Å². The highest BCUT2D eigenvalue weighted by atomic mass is 19.4. The van der Waals surface area contributed by atoms with E-state index < -0.39 is 12.3 Å². The summed E-state index contributed by atoms with van der Waals surface area (Å²) in [5.74, 6) is -0.978. The number of hydrogen-bond acceptors (Lipinski definition) is 2. The number of rotatable bonds is 2. The average molecular weight is 221 g/mol. The van der Waals surface area contributed by atoms with Crippen LogP contribution < -0.4 is 5.73 Å². The van der Waals surface area contributed by atoms with Gasteiger partial charge in [0, 0.05) is 12.0 Å². The molecule has 6 heteroatoms. The molecule has 1 aliphatic carbocycles. The molecular formula is C9H10F3NO2. The van der Waals surface area contributed by atoms with Crippen LogP contribution in [0.15, 0.2) is 23.0 Å². The van der Waals surface area contributed by atoms with E-state index in [-0.39, 0.29) is 23.3 Å². The molecule has 0 unspecified atom stereocenters. The summed E-state index contributed by atoms with van der Waals surface area (Å²) >= 11 is 0. The van der Waals surface area contributed by atoms with Crippen molar-refractivity contribution in [2.24, 2.45) is 5.73 Å². The Morgan fingerprint density at radius 1 is 1.53 bits per heavy atom. The smallest absolute Gasteiger partial charge is 0.410 e. The fourth-order valence-electron chi connectivity index (χ4n) is 1.39. The van der Waals surface area contributed by atoms with E-state index >= 15 is 0 Å². The van der Waals surface area contributed by atoms with Crippen molar-refractivity contribution in [3.8, 4) is 0 Å². The molecular weight excluding hydrogens is 211 g/mol. The zero-order valence-corrected chi connectivity index (χ0v) is 8.02. The molecule has 0 spiro atoms. The quantitative estimate of drug-likeness (QED) is 0.775. The van der Waals surface area contributed by atoms with Gasteiger partial charge in [0.05, 0.1) is 0 Å². The number of ether oxygens (including phenoxy) is 1. The van der Waals surface area contributed by atoms with Crippen molar-refractivity contribution in [1.82, 2.24) is 0 Å². The van der Waals surface area contributed by atoms with E-state index in [4.69, 9.17) is 5.73 Å². The number of nitrogens with two attached hydrogens (primary N) is 1. The van der Waals surface area contributed by atoms with Crippen LogP contribution in [0.3, 0.4) is 0 Å². The molecule has 0 aromatic carbocycles. The number of allylic oxidation sites excluding steroid dienone is 2. The molecule has 15 heavy (non-hydrogen) atoms. The maximum atomic E-state index is 11.9. The summed E-state index contributed by atoms with van der Waals surface area (Å²) in [6, 6.07) is 0. The highest BCUT2D eigenvalue weighted by molar-refractivity contribution is 5.96. The molecule has 0 bridgehead atoms. The molecule has 0 saturated carbocycles. The van der Waals surface area contributed by atoms with Gasteiger partial charge in [0.2, 0.25) is 5.91 Å². The van der Waals surface area contributed by atoms with Gasteiger partial charge in [0.15, 0.2) is 0 Å². The molecule has 1 amide bonds. The van der Waals surface area contributed by atoms with Crippen LogP contribution in [0.5, 0.6) is 0 Å². The largest absolute Gasteiger partial charge is 0.572 e. The highest BCUT2D eigenvalue weighted by Crippen LogP contribution is 2.31. The lowest BCUT2D eigenvalue weighted by molar-refractivity contribution is -0.306. The van der Waals surface area contributed by atoms with E-state index in [2.05, 4.69) is 4.74 Å². The van der Waals surface area contributed by atoms with Crippen molar-refractivity contribution in [2.75, 3.05) is 0 Å². The Hall–Kier alpha value is -1.46. The summed E-state index contributed by atoms with van der Waals surface area (Å²) in [5, 5.41) is 0. The highest BCUT2D eigenvalue weighted by Gasteiger charge is 2.33. The van der Waals surface area contributed by atoms with E-state index in [9.17, 15) is 18.0 Å². The van der Waals surface area contributed by atoms with Gasteiger partial charge in [-0.3, -0.25) is 4.79 Å². The Balaban J connectivity index is 2.93. The number of primary amides is 1. The standard InChI is InChI=1S/C9H10F3NO2/c1-5-6(8(13)14)3-2-4-7(5)15-9(10,11)12/h3H,2,4H2,1H3,(H2,13,14). The Labute approximate surface area is 84.4 Å². The molecule has 0 fully saturated rings. The average Bonchev–Trinajstić information content (AvgIpc) is 2.05. The number of hydrogen-bond donors (Lipinski definition) is 1. The zero-order valence-electron chi connectivity index (χ0n) is 8.02. The monoisotopic (exact) mass is 221 g/mol. The summed E-state index contributed by atoms with van der Waals surface area (Å²) in [6.45, 7) is 1.39. The number of carbonyl (C=O) groups excluding carboxylic acids is 1. The topological polar surface area (TPSA) is 52.3 Å². The second-order valence-corrected chi connectivity index (χ2v) is 3.12. The Kier molecular flexibility index (Phi) is 3.06. The summed E-state index contributed by atoms with van der Waals surface area (Å²) in [7, 11) is 0. The molecule has 0 heterocycles. The minimum Gasteiger partial charge on any atom is -0.410 e. The molecule has 1 aliphatic rings. The third-order valence-electron chi connectivity index (χ3n) is 2.05. The van der Waals surface area contributed by atoms with Gasteiger partial charge in [0.25, 0.3) is 0 Å². The summed E-state index contributed by atoms with van der Waals surface area (Å²) < 4.78 is 39.7. The number of alkyl halides is 3. The van der Waals surface area contributed by atoms with Crippen molar-refractivity contribution in [1.29, 1.82) is 0 Å². The van der Waals surface area contributed by atoms with Crippen LogP contribution in [-0.4, -0.2) is 12.3 Å². The summed E-state index contributed by atoms with van der Waals surface area (Å²) in [5.41, 5.74) is 5.26. The Bertz CT molecular complexity index is 342. The second kappa shape index (κ2) is 3.96. The first-order valence-electron chi connectivity index (χ1n) is 4.27. The lowest BCUT2D eigenvalue weighted by Gasteiger charge is -2.19. The number of carbonyl (C=O) groups is 1. The van der Waals surface area contributed by atoms with E-state index in [1.165, 1.54) is 13.0 Å². The van der Waals surface area contributed by atoms with Crippen molar-refractivity contribution in [3.63, 3.8) is 0 Å². The van der Waals surface area contributed by atoms with E-state index in [0.29, 0.717) is 6.42 Å². The zero-order chi connectivity index (χ0) is 11.6. The minimum absolute atomic E-state index is 0.0977. The van der Waals surface area contributed by atoms with Crippen LogP contribution in [-0.2, 0) is 9.53 Å². The Morgan fingerprint density at radius 2 is 2.13 bits per heavy atom. The number of amides is 1. The second-order valence-electron chi connectivity index (χ2n) is 3.12. The molecule has 1 rings (SSSR count). The third-order valence-corrected chi connectivity index (χ3v) is 2.05. The molecule has 3 nitrogen and oxygen atoms in total. The van der Waals surface area contributed by atoms with Crippen LogP contribution in [0, 0.1) is 0 Å².